The molecule has 0 spiro atoms. The summed E-state index contributed by atoms with van der Waals surface area (Å²) in [5.74, 6) is 2.04. The third-order valence-electron chi connectivity index (χ3n) is 4.26. The van der Waals surface area contributed by atoms with Gasteiger partial charge in [-0.25, -0.2) is 9.97 Å². The van der Waals surface area contributed by atoms with Crippen molar-refractivity contribution in [1.29, 1.82) is 0 Å². The standard InChI is InChI=1S/C22H25N3O3S/c1-22(2,3)21-24-16-9-7-6-8-15(16)20(25-21)29-13-19(26)23-17-12-14(27-4)10-11-18(17)28-5/h6-12H,13H2,1-5H3,(H,23,26). The van der Waals surface area contributed by atoms with Crippen molar-refractivity contribution in [2.75, 3.05) is 25.3 Å². The van der Waals surface area contributed by atoms with Gasteiger partial charge in [0.2, 0.25) is 5.91 Å². The highest BCUT2D eigenvalue weighted by Gasteiger charge is 2.20. The first kappa shape index (κ1) is 20.9. The molecule has 3 rings (SSSR count). The second-order valence-corrected chi connectivity index (χ2v) is 8.49. The van der Waals surface area contributed by atoms with Crippen LogP contribution in [0.4, 0.5) is 5.69 Å². The Balaban J connectivity index is 1.81. The van der Waals surface area contributed by atoms with Crippen LogP contribution in [-0.2, 0) is 10.2 Å². The van der Waals surface area contributed by atoms with Crippen LogP contribution in [0.15, 0.2) is 47.5 Å². The van der Waals surface area contributed by atoms with Crippen LogP contribution in [0, 0.1) is 0 Å². The zero-order valence-corrected chi connectivity index (χ0v) is 18.1. The molecule has 0 radical (unpaired) electrons. The summed E-state index contributed by atoms with van der Waals surface area (Å²) >= 11 is 1.40. The second kappa shape index (κ2) is 8.69. The monoisotopic (exact) mass is 411 g/mol. The Kier molecular flexibility index (Phi) is 6.27. The van der Waals surface area contributed by atoms with Gasteiger partial charge >= 0.3 is 0 Å². The van der Waals surface area contributed by atoms with Gasteiger partial charge in [0.1, 0.15) is 22.3 Å². The van der Waals surface area contributed by atoms with E-state index in [-0.39, 0.29) is 17.1 Å². The van der Waals surface area contributed by atoms with E-state index in [9.17, 15) is 4.79 Å². The average Bonchev–Trinajstić information content (AvgIpc) is 2.71. The normalized spacial score (nSPS) is 11.3. The first-order chi connectivity index (χ1) is 13.8. The van der Waals surface area contributed by atoms with E-state index < -0.39 is 0 Å². The Bertz CT molecular complexity index is 1030. The number of nitrogens with zero attached hydrogens (tertiary/aromatic N) is 2. The molecular weight excluding hydrogens is 386 g/mol. The number of hydrogen-bond donors (Lipinski definition) is 1. The fraction of sp³-hybridized carbons (Fsp3) is 0.318. The van der Waals surface area contributed by atoms with Crippen molar-refractivity contribution >= 4 is 34.3 Å². The lowest BCUT2D eigenvalue weighted by molar-refractivity contribution is -0.113. The predicted molar refractivity (Wildman–Crippen MR) is 117 cm³/mol. The van der Waals surface area contributed by atoms with Crippen LogP contribution in [0.3, 0.4) is 0 Å². The molecule has 1 heterocycles. The molecular formula is C22H25N3O3S. The number of carbonyl (C=O) groups is 1. The lowest BCUT2D eigenvalue weighted by Crippen LogP contribution is -2.17. The second-order valence-electron chi connectivity index (χ2n) is 7.52. The quantitative estimate of drug-likeness (QED) is 0.469. The predicted octanol–water partition coefficient (Wildman–Crippen LogP) is 4.68. The van der Waals surface area contributed by atoms with Crippen molar-refractivity contribution in [3.63, 3.8) is 0 Å². The highest BCUT2D eigenvalue weighted by Crippen LogP contribution is 2.31. The molecule has 1 amide bonds. The zero-order chi connectivity index (χ0) is 21.0. The molecule has 7 heteroatoms. The molecule has 0 bridgehead atoms. The highest BCUT2D eigenvalue weighted by atomic mass is 32.2. The van der Waals surface area contributed by atoms with Gasteiger partial charge in [0.15, 0.2) is 0 Å². The molecule has 1 N–H and O–H groups in total. The minimum Gasteiger partial charge on any atom is -0.497 e. The maximum atomic E-state index is 12.6. The molecule has 0 saturated carbocycles. The number of methoxy groups -OCH3 is 2. The number of anilines is 1. The van der Waals surface area contributed by atoms with Crippen molar-refractivity contribution in [3.05, 3.63) is 48.3 Å². The van der Waals surface area contributed by atoms with Crippen LogP contribution >= 0.6 is 11.8 Å². The minimum atomic E-state index is -0.185. The van der Waals surface area contributed by atoms with Crippen molar-refractivity contribution in [2.45, 2.75) is 31.2 Å². The largest absolute Gasteiger partial charge is 0.497 e. The molecule has 0 aliphatic carbocycles. The Labute approximate surface area is 175 Å². The summed E-state index contributed by atoms with van der Waals surface area (Å²) in [6, 6.07) is 13.1. The smallest absolute Gasteiger partial charge is 0.234 e. The highest BCUT2D eigenvalue weighted by molar-refractivity contribution is 8.00. The molecule has 0 aliphatic heterocycles. The number of nitrogens with one attached hydrogen (secondary N) is 1. The molecule has 2 aromatic carbocycles. The van der Waals surface area contributed by atoms with Crippen LogP contribution < -0.4 is 14.8 Å². The van der Waals surface area contributed by atoms with E-state index in [1.165, 1.54) is 11.8 Å². The van der Waals surface area contributed by atoms with Gasteiger partial charge in [-0.2, -0.15) is 0 Å². The topological polar surface area (TPSA) is 73.3 Å². The van der Waals surface area contributed by atoms with Gasteiger partial charge in [0.05, 0.1) is 31.2 Å². The molecule has 0 atom stereocenters. The fourth-order valence-corrected chi connectivity index (χ4v) is 3.54. The van der Waals surface area contributed by atoms with Gasteiger partial charge < -0.3 is 14.8 Å². The Morgan fingerprint density at radius 2 is 1.83 bits per heavy atom. The Morgan fingerprint density at radius 1 is 1.07 bits per heavy atom. The minimum absolute atomic E-state index is 0.151. The molecule has 0 unspecified atom stereocenters. The van der Waals surface area contributed by atoms with E-state index in [1.54, 1.807) is 32.4 Å². The number of amides is 1. The molecule has 29 heavy (non-hydrogen) atoms. The summed E-state index contributed by atoms with van der Waals surface area (Å²) in [6.45, 7) is 6.23. The van der Waals surface area contributed by atoms with Gasteiger partial charge in [-0.05, 0) is 18.2 Å². The van der Waals surface area contributed by atoms with Crippen molar-refractivity contribution < 1.29 is 14.3 Å². The Morgan fingerprint density at radius 3 is 2.52 bits per heavy atom. The van der Waals surface area contributed by atoms with Crippen LogP contribution in [0.5, 0.6) is 11.5 Å². The SMILES string of the molecule is COc1ccc(OC)c(NC(=O)CSc2nc(C(C)(C)C)nc3ccccc23)c1. The van der Waals surface area contributed by atoms with Gasteiger partial charge in [-0.15, -0.1) is 0 Å². The summed E-state index contributed by atoms with van der Waals surface area (Å²) in [4.78, 5) is 22.0. The number of rotatable bonds is 6. The van der Waals surface area contributed by atoms with Crippen molar-refractivity contribution in [3.8, 4) is 11.5 Å². The van der Waals surface area contributed by atoms with Crippen LogP contribution in [0.25, 0.3) is 10.9 Å². The first-order valence-corrected chi connectivity index (χ1v) is 10.2. The van der Waals surface area contributed by atoms with Crippen LogP contribution in [-0.4, -0.2) is 35.8 Å². The molecule has 0 fully saturated rings. The molecule has 6 nitrogen and oxygen atoms in total. The van der Waals surface area contributed by atoms with E-state index in [2.05, 4.69) is 31.1 Å². The number of thioether (sulfide) groups is 1. The molecule has 0 saturated heterocycles. The summed E-state index contributed by atoms with van der Waals surface area (Å²) in [5.41, 5.74) is 1.26. The lowest BCUT2D eigenvalue weighted by atomic mass is 9.95. The number of fused-ring (bicyclic) bond motifs is 1. The average molecular weight is 412 g/mol. The van der Waals surface area contributed by atoms with Gasteiger partial charge in [-0.3, -0.25) is 4.79 Å². The van der Waals surface area contributed by atoms with E-state index >= 15 is 0 Å². The number of hydrogen-bond acceptors (Lipinski definition) is 6. The summed E-state index contributed by atoms with van der Waals surface area (Å²) in [6.07, 6.45) is 0. The number of carbonyl (C=O) groups excluding carboxylic acids is 1. The number of para-hydroxylation sites is 1. The molecule has 1 aromatic heterocycles. The third kappa shape index (κ3) is 4.98. The fourth-order valence-electron chi connectivity index (χ4n) is 2.72. The number of ether oxygens (including phenoxy) is 2. The first-order valence-electron chi connectivity index (χ1n) is 9.24. The number of aromatic nitrogens is 2. The van der Waals surface area contributed by atoms with Crippen LogP contribution in [0.2, 0.25) is 0 Å². The maximum absolute atomic E-state index is 12.6. The molecule has 0 aliphatic rings. The summed E-state index contributed by atoms with van der Waals surface area (Å²) in [7, 11) is 3.14. The van der Waals surface area contributed by atoms with Crippen LogP contribution in [0.1, 0.15) is 26.6 Å². The van der Waals surface area contributed by atoms with E-state index in [4.69, 9.17) is 14.5 Å². The van der Waals surface area contributed by atoms with Crippen molar-refractivity contribution in [1.82, 2.24) is 9.97 Å². The van der Waals surface area contributed by atoms with E-state index in [0.717, 1.165) is 21.8 Å². The van der Waals surface area contributed by atoms with Crippen molar-refractivity contribution in [2.24, 2.45) is 0 Å². The summed E-state index contributed by atoms with van der Waals surface area (Å²) < 4.78 is 10.6. The van der Waals surface area contributed by atoms with Gasteiger partial charge in [0.25, 0.3) is 0 Å². The third-order valence-corrected chi connectivity index (χ3v) is 5.25. The van der Waals surface area contributed by atoms with Gasteiger partial charge in [0, 0.05) is 16.9 Å². The van der Waals surface area contributed by atoms with E-state index in [0.29, 0.717) is 17.2 Å². The summed E-state index contributed by atoms with van der Waals surface area (Å²) in [5, 5.41) is 4.63. The lowest BCUT2D eigenvalue weighted by Gasteiger charge is -2.18. The molecule has 152 valence electrons. The van der Waals surface area contributed by atoms with Gasteiger partial charge in [-0.1, -0.05) is 50.7 Å². The Hall–Kier alpha value is -2.80. The zero-order valence-electron chi connectivity index (χ0n) is 17.3. The van der Waals surface area contributed by atoms with E-state index in [1.807, 2.05) is 24.3 Å². The molecule has 3 aromatic rings. The number of benzene rings is 2. The maximum Gasteiger partial charge on any atom is 0.234 e.